The first-order valence-electron chi connectivity index (χ1n) is 10.4. The fraction of sp³-hybridized carbons (Fsp3) is 0.455. The summed E-state index contributed by atoms with van der Waals surface area (Å²) in [6.45, 7) is 1.26. The summed E-state index contributed by atoms with van der Waals surface area (Å²) in [6, 6.07) is 8.53. The van der Waals surface area contributed by atoms with Crippen LogP contribution in [-0.4, -0.2) is 65.3 Å². The molecule has 3 heterocycles. The number of nitrogens with one attached hydrogen (secondary N) is 1. The SMILES string of the molecule is CC(=O)OCOC(=O)C1=C(C2CCCO2)CS[C@@H]2[C@H](NC(=O)Cc3ccccc3)C(=O)N12. The molecule has 1 N–H and O–H groups in total. The minimum absolute atomic E-state index is 0.131. The Hall–Kier alpha value is -2.85. The Morgan fingerprint density at radius 2 is 2.00 bits per heavy atom. The molecule has 3 aliphatic heterocycles. The van der Waals surface area contributed by atoms with Crippen LogP contribution in [0.15, 0.2) is 41.6 Å². The molecule has 170 valence electrons. The van der Waals surface area contributed by atoms with Gasteiger partial charge in [-0.1, -0.05) is 30.3 Å². The summed E-state index contributed by atoms with van der Waals surface area (Å²) in [5.74, 6) is -1.49. The Morgan fingerprint density at radius 1 is 1.22 bits per heavy atom. The van der Waals surface area contributed by atoms with Gasteiger partial charge in [0.25, 0.3) is 5.91 Å². The Labute approximate surface area is 189 Å². The number of carbonyl (C=O) groups is 4. The van der Waals surface area contributed by atoms with Crippen LogP contribution in [0.1, 0.15) is 25.3 Å². The van der Waals surface area contributed by atoms with Gasteiger partial charge in [-0.25, -0.2) is 4.79 Å². The van der Waals surface area contributed by atoms with Crippen molar-refractivity contribution in [3.8, 4) is 0 Å². The van der Waals surface area contributed by atoms with Crippen LogP contribution in [0.5, 0.6) is 0 Å². The highest BCUT2D eigenvalue weighted by molar-refractivity contribution is 8.00. The van der Waals surface area contributed by atoms with Gasteiger partial charge in [0, 0.05) is 19.3 Å². The van der Waals surface area contributed by atoms with Crippen molar-refractivity contribution in [2.45, 2.75) is 43.7 Å². The van der Waals surface area contributed by atoms with E-state index in [1.807, 2.05) is 30.3 Å². The molecule has 3 aliphatic rings. The minimum atomic E-state index is -0.746. The number of ether oxygens (including phenoxy) is 3. The zero-order chi connectivity index (χ0) is 22.7. The number of rotatable bonds is 7. The Kier molecular flexibility index (Phi) is 6.80. The molecule has 9 nitrogen and oxygen atoms in total. The second kappa shape index (κ2) is 9.74. The molecule has 2 saturated heterocycles. The predicted molar refractivity (Wildman–Crippen MR) is 114 cm³/mol. The van der Waals surface area contributed by atoms with E-state index in [1.165, 1.54) is 23.6 Å². The van der Waals surface area contributed by atoms with Crippen molar-refractivity contribution in [1.82, 2.24) is 10.2 Å². The first-order chi connectivity index (χ1) is 15.5. The van der Waals surface area contributed by atoms with Gasteiger partial charge < -0.3 is 19.5 Å². The summed E-state index contributed by atoms with van der Waals surface area (Å²) >= 11 is 1.48. The Balaban J connectivity index is 1.48. The van der Waals surface area contributed by atoms with Gasteiger partial charge in [0.2, 0.25) is 12.7 Å². The molecule has 0 spiro atoms. The third-order valence-electron chi connectivity index (χ3n) is 5.49. The molecule has 1 aromatic carbocycles. The average Bonchev–Trinajstić information content (AvgIpc) is 3.31. The first-order valence-corrected chi connectivity index (χ1v) is 11.4. The van der Waals surface area contributed by atoms with Crippen molar-refractivity contribution in [2.75, 3.05) is 19.2 Å². The predicted octanol–water partition coefficient (Wildman–Crippen LogP) is 1.13. The molecule has 0 aliphatic carbocycles. The molecule has 1 aromatic rings. The number of nitrogens with zero attached hydrogens (tertiary/aromatic N) is 1. The number of fused-ring (bicyclic) bond motifs is 1. The fourth-order valence-electron chi connectivity index (χ4n) is 3.97. The number of carbonyl (C=O) groups excluding carboxylic acids is 4. The number of β-lactam (4-membered cyclic amide) rings is 1. The van der Waals surface area contributed by atoms with Gasteiger partial charge >= 0.3 is 11.9 Å². The molecule has 4 rings (SSSR count). The summed E-state index contributed by atoms with van der Waals surface area (Å²) < 4.78 is 15.5. The highest BCUT2D eigenvalue weighted by atomic mass is 32.2. The topological polar surface area (TPSA) is 111 Å². The maximum atomic E-state index is 13.0. The van der Waals surface area contributed by atoms with Gasteiger partial charge in [0.1, 0.15) is 17.1 Å². The van der Waals surface area contributed by atoms with Crippen LogP contribution in [-0.2, 0) is 39.8 Å². The van der Waals surface area contributed by atoms with E-state index in [0.29, 0.717) is 17.9 Å². The molecule has 1 unspecified atom stereocenters. The van der Waals surface area contributed by atoms with Crippen molar-refractivity contribution in [1.29, 1.82) is 0 Å². The van der Waals surface area contributed by atoms with Crippen LogP contribution < -0.4 is 5.32 Å². The van der Waals surface area contributed by atoms with Crippen molar-refractivity contribution >= 4 is 35.5 Å². The van der Waals surface area contributed by atoms with Gasteiger partial charge in [-0.05, 0) is 24.0 Å². The zero-order valence-electron chi connectivity index (χ0n) is 17.6. The van der Waals surface area contributed by atoms with Crippen molar-refractivity contribution in [2.24, 2.45) is 0 Å². The molecule has 10 heteroatoms. The van der Waals surface area contributed by atoms with E-state index in [9.17, 15) is 19.2 Å². The molecule has 0 radical (unpaired) electrons. The van der Waals surface area contributed by atoms with E-state index < -0.39 is 30.1 Å². The molecule has 2 amide bonds. The number of thioether (sulfide) groups is 1. The Bertz CT molecular complexity index is 943. The fourth-order valence-corrected chi connectivity index (χ4v) is 5.38. The molecule has 0 bridgehead atoms. The standard InChI is InChI=1S/C22H24N2O7S/c1-13(25)30-12-31-22(28)19-15(16-8-5-9-29-16)11-32-21-18(20(27)24(19)21)23-17(26)10-14-6-3-2-4-7-14/h2-4,6-7,16,18,21H,5,8-12H2,1H3,(H,23,26)/t16?,18-,21-/m1/s1. The van der Waals surface area contributed by atoms with Gasteiger partial charge in [-0.2, -0.15) is 0 Å². The van der Waals surface area contributed by atoms with E-state index in [1.54, 1.807) is 0 Å². The maximum absolute atomic E-state index is 13.0. The lowest BCUT2D eigenvalue weighted by Crippen LogP contribution is -2.71. The second-order valence-corrected chi connectivity index (χ2v) is 8.78. The number of hydrogen-bond donors (Lipinski definition) is 1. The second-order valence-electron chi connectivity index (χ2n) is 7.68. The van der Waals surface area contributed by atoms with E-state index in [4.69, 9.17) is 14.2 Å². The van der Waals surface area contributed by atoms with E-state index in [-0.39, 0.29) is 30.0 Å². The molecule has 0 saturated carbocycles. The smallest absolute Gasteiger partial charge is 0.358 e. The van der Waals surface area contributed by atoms with Gasteiger partial charge in [-0.3, -0.25) is 19.3 Å². The van der Waals surface area contributed by atoms with Crippen LogP contribution >= 0.6 is 11.8 Å². The molecular formula is C22H24N2O7S. The normalized spacial score (nSPS) is 24.5. The number of amides is 2. The number of benzene rings is 1. The van der Waals surface area contributed by atoms with Gasteiger partial charge in [-0.15, -0.1) is 11.8 Å². The van der Waals surface area contributed by atoms with Crippen molar-refractivity contribution in [3.05, 3.63) is 47.2 Å². The lowest BCUT2D eigenvalue weighted by Gasteiger charge is -2.50. The summed E-state index contributed by atoms with van der Waals surface area (Å²) in [5, 5.41) is 2.38. The van der Waals surface area contributed by atoms with Crippen molar-refractivity contribution in [3.63, 3.8) is 0 Å². The van der Waals surface area contributed by atoms with Gasteiger partial charge in [0.05, 0.1) is 12.5 Å². The summed E-state index contributed by atoms with van der Waals surface area (Å²) in [4.78, 5) is 50.6. The highest BCUT2D eigenvalue weighted by Crippen LogP contribution is 2.43. The molecule has 3 atom stereocenters. The quantitative estimate of drug-likeness (QED) is 0.366. The molecular weight excluding hydrogens is 436 g/mol. The van der Waals surface area contributed by atoms with Crippen LogP contribution in [0.3, 0.4) is 0 Å². The maximum Gasteiger partial charge on any atom is 0.358 e. The first kappa shape index (κ1) is 22.3. The minimum Gasteiger partial charge on any atom is -0.428 e. The van der Waals surface area contributed by atoms with Crippen LogP contribution in [0.4, 0.5) is 0 Å². The Morgan fingerprint density at radius 3 is 2.69 bits per heavy atom. The van der Waals surface area contributed by atoms with E-state index in [0.717, 1.165) is 18.4 Å². The monoisotopic (exact) mass is 460 g/mol. The molecule has 0 aromatic heterocycles. The van der Waals surface area contributed by atoms with E-state index >= 15 is 0 Å². The number of esters is 2. The van der Waals surface area contributed by atoms with Crippen LogP contribution in [0, 0.1) is 0 Å². The number of hydrogen-bond acceptors (Lipinski definition) is 8. The van der Waals surface area contributed by atoms with Crippen LogP contribution in [0.2, 0.25) is 0 Å². The third-order valence-corrected chi connectivity index (χ3v) is 6.79. The highest BCUT2D eigenvalue weighted by Gasteiger charge is 2.55. The van der Waals surface area contributed by atoms with Gasteiger partial charge in [0.15, 0.2) is 0 Å². The lowest BCUT2D eigenvalue weighted by atomic mass is 9.99. The summed E-state index contributed by atoms with van der Waals surface area (Å²) in [5.41, 5.74) is 1.67. The largest absolute Gasteiger partial charge is 0.428 e. The molecule has 32 heavy (non-hydrogen) atoms. The summed E-state index contributed by atoms with van der Waals surface area (Å²) in [6.07, 6.45) is 1.51. The molecule has 2 fully saturated rings. The van der Waals surface area contributed by atoms with Crippen LogP contribution in [0.25, 0.3) is 0 Å². The summed E-state index contributed by atoms with van der Waals surface area (Å²) in [7, 11) is 0. The lowest BCUT2D eigenvalue weighted by molar-refractivity contribution is -0.166. The van der Waals surface area contributed by atoms with E-state index in [2.05, 4.69) is 5.32 Å². The zero-order valence-corrected chi connectivity index (χ0v) is 18.4. The van der Waals surface area contributed by atoms with Crippen molar-refractivity contribution < 1.29 is 33.4 Å². The average molecular weight is 461 g/mol. The third kappa shape index (κ3) is 4.66.